The molecule has 0 bridgehead atoms. The van der Waals surface area contributed by atoms with Crippen molar-refractivity contribution in [2.24, 2.45) is 21.6 Å². The van der Waals surface area contributed by atoms with E-state index in [9.17, 15) is 0 Å². The Hall–Kier alpha value is -0.680. The molecule has 2 heterocycles. The van der Waals surface area contributed by atoms with Gasteiger partial charge in [-0.1, -0.05) is 17.8 Å². The minimum Gasteiger partial charge on any atom is -0.386 e. The van der Waals surface area contributed by atoms with Gasteiger partial charge in [0.1, 0.15) is 5.84 Å². The fourth-order valence-electron chi connectivity index (χ4n) is 0.963. The molecule has 56 valence electrons. The number of thiocarbonyl (C=S) groups is 1. The van der Waals surface area contributed by atoms with Crippen molar-refractivity contribution in [3.8, 4) is 0 Å². The summed E-state index contributed by atoms with van der Waals surface area (Å²) >= 11 is 6.37. The molecule has 0 saturated carbocycles. The first-order valence-corrected chi connectivity index (χ1v) is 4.36. The number of thioether (sulfide) groups is 1. The Labute approximate surface area is 73.5 Å². The highest BCUT2D eigenvalue weighted by molar-refractivity contribution is 8.17. The first-order chi connectivity index (χ1) is 5.27. The second-order valence-electron chi connectivity index (χ2n) is 2.19. The molecule has 2 aliphatic heterocycles. The number of nitrogens with zero attached hydrogens (tertiary/aromatic N) is 2. The maximum absolute atomic E-state index is 5.63. The van der Waals surface area contributed by atoms with Gasteiger partial charge in [-0.25, -0.2) is 9.98 Å². The fraction of sp³-hybridized carbons (Fsp3) is 0.167. The summed E-state index contributed by atoms with van der Waals surface area (Å²) in [7, 11) is 0. The molecule has 1 unspecified atom stereocenters. The Morgan fingerprint density at radius 1 is 1.55 bits per heavy atom. The van der Waals surface area contributed by atoms with E-state index in [1.54, 1.807) is 11.8 Å². The normalized spacial score (nSPS) is 28.0. The molecule has 0 amide bonds. The van der Waals surface area contributed by atoms with E-state index in [2.05, 4.69) is 9.98 Å². The summed E-state index contributed by atoms with van der Waals surface area (Å²) in [6.07, 6.45) is 1.98. The number of amidine groups is 1. The van der Waals surface area contributed by atoms with Gasteiger partial charge in [0.2, 0.25) is 5.11 Å². The molecule has 2 rings (SSSR count). The van der Waals surface area contributed by atoms with Crippen molar-refractivity contribution >= 4 is 40.0 Å². The second-order valence-corrected chi connectivity index (χ2v) is 3.48. The second kappa shape index (κ2) is 2.42. The maximum atomic E-state index is 5.63. The number of aliphatic imine (C=N–C) groups is 2. The van der Waals surface area contributed by atoms with Crippen LogP contribution >= 0.6 is 24.0 Å². The molecule has 2 N–H and O–H groups in total. The Kier molecular flexibility index (Phi) is 1.54. The lowest BCUT2D eigenvalue weighted by molar-refractivity contribution is 1.18. The van der Waals surface area contributed by atoms with Crippen LogP contribution in [0.15, 0.2) is 21.5 Å². The molecule has 0 aromatic heterocycles. The van der Waals surface area contributed by atoms with Crippen LogP contribution in [-0.4, -0.2) is 16.0 Å². The zero-order chi connectivity index (χ0) is 7.84. The zero-order valence-corrected chi connectivity index (χ0v) is 7.15. The molecular formula is C6H5N3S2. The van der Waals surface area contributed by atoms with E-state index < -0.39 is 0 Å². The number of hydrogen-bond acceptors (Lipinski definition) is 3. The van der Waals surface area contributed by atoms with Gasteiger partial charge >= 0.3 is 0 Å². The molecule has 0 spiro atoms. The third kappa shape index (κ3) is 1.10. The van der Waals surface area contributed by atoms with Gasteiger partial charge in [0.05, 0.1) is 11.0 Å². The quantitative estimate of drug-likeness (QED) is 0.568. The van der Waals surface area contributed by atoms with Crippen LogP contribution in [0.3, 0.4) is 0 Å². The van der Waals surface area contributed by atoms with Crippen molar-refractivity contribution in [2.45, 2.75) is 0 Å². The van der Waals surface area contributed by atoms with Crippen LogP contribution in [0.4, 0.5) is 0 Å². The number of rotatable bonds is 0. The summed E-state index contributed by atoms with van der Waals surface area (Å²) in [5.41, 5.74) is 5.63. The summed E-state index contributed by atoms with van der Waals surface area (Å²) < 4.78 is 0. The van der Waals surface area contributed by atoms with Gasteiger partial charge in [0.15, 0.2) is 0 Å². The maximum Gasteiger partial charge on any atom is 0.221 e. The van der Waals surface area contributed by atoms with Crippen LogP contribution in [0.1, 0.15) is 0 Å². The van der Waals surface area contributed by atoms with E-state index in [0.29, 0.717) is 10.9 Å². The molecule has 5 heteroatoms. The first kappa shape index (κ1) is 7.00. The van der Waals surface area contributed by atoms with Crippen LogP contribution in [0, 0.1) is 5.92 Å². The number of fused-ring (bicyclic) bond motifs is 1. The zero-order valence-electron chi connectivity index (χ0n) is 5.52. The van der Waals surface area contributed by atoms with Crippen molar-refractivity contribution in [1.82, 2.24) is 0 Å². The lowest BCUT2D eigenvalue weighted by Gasteiger charge is -2.12. The molecule has 1 atom stereocenters. The van der Waals surface area contributed by atoms with Crippen molar-refractivity contribution in [2.75, 3.05) is 0 Å². The SMILES string of the molecule is NC1=NC(=S)N=C2SC=CC12. The number of nitrogens with two attached hydrogens (primary N) is 1. The van der Waals surface area contributed by atoms with Crippen LogP contribution in [0.25, 0.3) is 0 Å². The predicted octanol–water partition coefficient (Wildman–Crippen LogP) is 0.917. The standard InChI is InChI=1S/C6H5N3S2/c7-4-3-1-2-11-5(3)9-6(10)8-4/h1-3H,(H2,7,8,10). The Morgan fingerprint density at radius 3 is 3.18 bits per heavy atom. The fourth-order valence-corrected chi connectivity index (χ4v) is 2.09. The Morgan fingerprint density at radius 2 is 2.36 bits per heavy atom. The summed E-state index contributed by atoms with van der Waals surface area (Å²) in [4.78, 5) is 7.97. The van der Waals surface area contributed by atoms with Crippen LogP contribution < -0.4 is 5.73 Å². The van der Waals surface area contributed by atoms with E-state index in [0.717, 1.165) is 5.04 Å². The third-order valence-electron chi connectivity index (χ3n) is 1.48. The average Bonchev–Trinajstić information content (AvgIpc) is 2.34. The average molecular weight is 183 g/mol. The van der Waals surface area contributed by atoms with Gasteiger partial charge in [-0.2, -0.15) is 0 Å². The Bertz CT molecular complexity index is 303. The molecule has 0 saturated heterocycles. The van der Waals surface area contributed by atoms with Gasteiger partial charge in [0.25, 0.3) is 0 Å². The predicted molar refractivity (Wildman–Crippen MR) is 51.9 cm³/mol. The lowest BCUT2D eigenvalue weighted by Crippen LogP contribution is -2.29. The van der Waals surface area contributed by atoms with Gasteiger partial charge < -0.3 is 5.73 Å². The first-order valence-electron chi connectivity index (χ1n) is 3.07. The molecule has 0 aromatic carbocycles. The van der Waals surface area contributed by atoms with Gasteiger partial charge in [-0.05, 0) is 17.6 Å². The van der Waals surface area contributed by atoms with Crippen molar-refractivity contribution in [3.63, 3.8) is 0 Å². The summed E-state index contributed by atoms with van der Waals surface area (Å²) in [6, 6.07) is 0. The van der Waals surface area contributed by atoms with Crippen LogP contribution in [0.5, 0.6) is 0 Å². The summed E-state index contributed by atoms with van der Waals surface area (Å²) in [5.74, 6) is 0.646. The van der Waals surface area contributed by atoms with E-state index >= 15 is 0 Å². The van der Waals surface area contributed by atoms with Gasteiger partial charge in [0, 0.05) is 0 Å². The molecule has 0 fully saturated rings. The monoisotopic (exact) mass is 183 g/mol. The highest BCUT2D eigenvalue weighted by Gasteiger charge is 2.25. The summed E-state index contributed by atoms with van der Waals surface area (Å²) in [6.45, 7) is 0. The molecule has 0 aliphatic carbocycles. The highest BCUT2D eigenvalue weighted by atomic mass is 32.2. The molecule has 11 heavy (non-hydrogen) atoms. The van der Waals surface area contributed by atoms with Gasteiger partial charge in [-0.3, -0.25) is 0 Å². The van der Waals surface area contributed by atoms with Crippen molar-refractivity contribution < 1.29 is 0 Å². The minimum absolute atomic E-state index is 0.0895. The topological polar surface area (TPSA) is 50.7 Å². The van der Waals surface area contributed by atoms with E-state index in [1.165, 1.54) is 0 Å². The lowest BCUT2D eigenvalue weighted by atomic mass is 10.1. The van der Waals surface area contributed by atoms with Crippen LogP contribution in [0.2, 0.25) is 0 Å². The minimum atomic E-state index is 0.0895. The molecular weight excluding hydrogens is 178 g/mol. The summed E-state index contributed by atoms with van der Waals surface area (Å²) in [5, 5.41) is 3.24. The van der Waals surface area contributed by atoms with Gasteiger partial charge in [-0.15, -0.1) is 0 Å². The third-order valence-corrected chi connectivity index (χ3v) is 2.54. The number of hydrogen-bond donors (Lipinski definition) is 1. The van der Waals surface area contributed by atoms with E-state index in [1.807, 2.05) is 11.5 Å². The van der Waals surface area contributed by atoms with E-state index in [-0.39, 0.29) is 5.92 Å². The molecule has 3 nitrogen and oxygen atoms in total. The molecule has 0 aromatic rings. The largest absolute Gasteiger partial charge is 0.386 e. The van der Waals surface area contributed by atoms with Crippen molar-refractivity contribution in [3.05, 3.63) is 11.5 Å². The highest BCUT2D eigenvalue weighted by Crippen LogP contribution is 2.26. The molecule has 2 aliphatic rings. The molecule has 0 radical (unpaired) electrons. The van der Waals surface area contributed by atoms with E-state index in [4.69, 9.17) is 18.0 Å². The van der Waals surface area contributed by atoms with Crippen molar-refractivity contribution in [1.29, 1.82) is 0 Å². The van der Waals surface area contributed by atoms with Crippen LogP contribution in [-0.2, 0) is 0 Å². The Balaban J connectivity index is 2.41. The smallest absolute Gasteiger partial charge is 0.221 e.